The lowest BCUT2D eigenvalue weighted by molar-refractivity contribution is 0.479. The van der Waals surface area contributed by atoms with Crippen molar-refractivity contribution in [1.82, 2.24) is 4.98 Å². The number of hydrogen-bond acceptors (Lipinski definition) is 3. The number of nitrogen functional groups attached to an aromatic ring is 1. The highest BCUT2D eigenvalue weighted by Crippen LogP contribution is 2.31. The van der Waals surface area contributed by atoms with E-state index < -0.39 is 0 Å². The van der Waals surface area contributed by atoms with E-state index in [1.807, 2.05) is 0 Å². The summed E-state index contributed by atoms with van der Waals surface area (Å²) < 4.78 is 6.40. The van der Waals surface area contributed by atoms with Gasteiger partial charge in [0, 0.05) is 24.5 Å². The SMILES string of the molecule is Nc1ccc(Oc2ccncc2Br)cc1Cl. The van der Waals surface area contributed by atoms with E-state index in [0.717, 1.165) is 4.47 Å². The lowest BCUT2D eigenvalue weighted by Crippen LogP contribution is -1.89. The summed E-state index contributed by atoms with van der Waals surface area (Å²) in [6.45, 7) is 0. The zero-order valence-electron chi connectivity index (χ0n) is 8.15. The Morgan fingerprint density at radius 1 is 1.31 bits per heavy atom. The van der Waals surface area contributed by atoms with Crippen LogP contribution in [0.4, 0.5) is 5.69 Å². The predicted molar refractivity (Wildman–Crippen MR) is 67.9 cm³/mol. The number of rotatable bonds is 2. The van der Waals surface area contributed by atoms with Gasteiger partial charge in [-0.2, -0.15) is 0 Å². The van der Waals surface area contributed by atoms with E-state index in [-0.39, 0.29) is 0 Å². The fraction of sp³-hybridized carbons (Fsp3) is 0. The molecular weight excluding hydrogens is 291 g/mol. The molecule has 1 aromatic heterocycles. The summed E-state index contributed by atoms with van der Waals surface area (Å²) in [5, 5.41) is 0.475. The second-order valence-corrected chi connectivity index (χ2v) is 4.35. The molecule has 0 amide bonds. The van der Waals surface area contributed by atoms with Crippen molar-refractivity contribution in [3.63, 3.8) is 0 Å². The molecule has 0 saturated carbocycles. The monoisotopic (exact) mass is 298 g/mol. The van der Waals surface area contributed by atoms with Crippen LogP contribution in [0.3, 0.4) is 0 Å². The zero-order chi connectivity index (χ0) is 11.5. The maximum absolute atomic E-state index is 5.89. The van der Waals surface area contributed by atoms with Crippen molar-refractivity contribution in [2.45, 2.75) is 0 Å². The first-order valence-electron chi connectivity index (χ1n) is 4.49. The lowest BCUT2D eigenvalue weighted by Gasteiger charge is -2.08. The van der Waals surface area contributed by atoms with Gasteiger partial charge in [0.15, 0.2) is 0 Å². The van der Waals surface area contributed by atoms with Crippen LogP contribution in [-0.4, -0.2) is 4.98 Å². The number of halogens is 2. The van der Waals surface area contributed by atoms with Crippen LogP contribution in [0.1, 0.15) is 0 Å². The van der Waals surface area contributed by atoms with Gasteiger partial charge in [-0.25, -0.2) is 0 Å². The molecule has 0 unspecified atom stereocenters. The van der Waals surface area contributed by atoms with Gasteiger partial charge in [0.25, 0.3) is 0 Å². The Morgan fingerprint density at radius 3 is 2.81 bits per heavy atom. The van der Waals surface area contributed by atoms with Gasteiger partial charge in [-0.05, 0) is 28.1 Å². The van der Waals surface area contributed by atoms with E-state index in [1.54, 1.807) is 36.7 Å². The highest BCUT2D eigenvalue weighted by Gasteiger charge is 2.04. The second-order valence-electron chi connectivity index (χ2n) is 3.09. The van der Waals surface area contributed by atoms with Crippen molar-refractivity contribution in [3.8, 4) is 11.5 Å². The summed E-state index contributed by atoms with van der Waals surface area (Å²) in [6.07, 6.45) is 3.31. The fourth-order valence-electron chi connectivity index (χ4n) is 1.14. The van der Waals surface area contributed by atoms with Crippen molar-refractivity contribution >= 4 is 33.2 Å². The van der Waals surface area contributed by atoms with E-state index in [4.69, 9.17) is 22.1 Å². The quantitative estimate of drug-likeness (QED) is 0.856. The molecule has 2 N–H and O–H groups in total. The van der Waals surface area contributed by atoms with Crippen molar-refractivity contribution in [1.29, 1.82) is 0 Å². The lowest BCUT2D eigenvalue weighted by atomic mass is 10.3. The normalized spacial score (nSPS) is 10.1. The van der Waals surface area contributed by atoms with Crippen LogP contribution in [0, 0.1) is 0 Å². The Morgan fingerprint density at radius 2 is 2.12 bits per heavy atom. The van der Waals surface area contributed by atoms with Gasteiger partial charge in [0.2, 0.25) is 0 Å². The molecule has 2 rings (SSSR count). The van der Waals surface area contributed by atoms with E-state index in [1.165, 1.54) is 0 Å². The molecule has 0 fully saturated rings. The summed E-state index contributed by atoms with van der Waals surface area (Å²) in [5.41, 5.74) is 6.14. The van der Waals surface area contributed by atoms with Gasteiger partial charge >= 0.3 is 0 Å². The first kappa shape index (κ1) is 11.2. The topological polar surface area (TPSA) is 48.1 Å². The third-order valence-corrected chi connectivity index (χ3v) is 2.86. The molecule has 0 aliphatic carbocycles. The van der Waals surface area contributed by atoms with Crippen LogP contribution >= 0.6 is 27.5 Å². The van der Waals surface area contributed by atoms with Crippen molar-refractivity contribution in [2.75, 3.05) is 5.73 Å². The Hall–Kier alpha value is -1.26. The van der Waals surface area contributed by atoms with Crippen LogP contribution in [0.15, 0.2) is 41.1 Å². The summed E-state index contributed by atoms with van der Waals surface area (Å²) in [7, 11) is 0. The number of pyridine rings is 1. The standard InChI is InChI=1S/C11H8BrClN2O/c12-8-6-15-4-3-11(8)16-7-1-2-10(14)9(13)5-7/h1-6H,14H2. The minimum atomic E-state index is 0.475. The van der Waals surface area contributed by atoms with E-state index in [9.17, 15) is 0 Å². The molecule has 1 aromatic carbocycles. The number of nitrogens with zero attached hydrogens (tertiary/aromatic N) is 1. The predicted octanol–water partition coefficient (Wildman–Crippen LogP) is 3.87. The Labute approximate surface area is 106 Å². The molecule has 1 heterocycles. The molecule has 0 bridgehead atoms. The van der Waals surface area contributed by atoms with Gasteiger partial charge in [-0.1, -0.05) is 11.6 Å². The number of anilines is 1. The highest BCUT2D eigenvalue weighted by molar-refractivity contribution is 9.10. The maximum Gasteiger partial charge on any atom is 0.144 e. The number of hydrogen-bond donors (Lipinski definition) is 1. The third-order valence-electron chi connectivity index (χ3n) is 1.93. The average Bonchev–Trinajstić information content (AvgIpc) is 2.27. The largest absolute Gasteiger partial charge is 0.456 e. The minimum absolute atomic E-state index is 0.475. The molecule has 0 spiro atoms. The van der Waals surface area contributed by atoms with Gasteiger partial charge in [-0.15, -0.1) is 0 Å². The Balaban J connectivity index is 2.28. The molecule has 0 aliphatic rings. The van der Waals surface area contributed by atoms with Gasteiger partial charge in [0.05, 0.1) is 15.2 Å². The van der Waals surface area contributed by atoms with Crippen LogP contribution in [0.2, 0.25) is 5.02 Å². The molecule has 16 heavy (non-hydrogen) atoms. The number of ether oxygens (including phenoxy) is 1. The first-order chi connectivity index (χ1) is 7.66. The number of nitrogens with two attached hydrogens (primary N) is 1. The zero-order valence-corrected chi connectivity index (χ0v) is 10.5. The van der Waals surface area contributed by atoms with Crippen LogP contribution in [-0.2, 0) is 0 Å². The summed E-state index contributed by atoms with van der Waals surface area (Å²) in [5.74, 6) is 1.31. The summed E-state index contributed by atoms with van der Waals surface area (Å²) in [4.78, 5) is 3.95. The minimum Gasteiger partial charge on any atom is -0.456 e. The van der Waals surface area contributed by atoms with Gasteiger partial charge < -0.3 is 10.5 Å². The average molecular weight is 300 g/mol. The van der Waals surface area contributed by atoms with Gasteiger partial charge in [0.1, 0.15) is 11.5 Å². The molecule has 82 valence electrons. The third kappa shape index (κ3) is 2.46. The van der Waals surface area contributed by atoms with E-state index in [0.29, 0.717) is 22.2 Å². The van der Waals surface area contributed by atoms with Crippen molar-refractivity contribution in [3.05, 3.63) is 46.2 Å². The fourth-order valence-corrected chi connectivity index (χ4v) is 1.65. The Bertz CT molecular complexity index is 519. The van der Waals surface area contributed by atoms with Crippen molar-refractivity contribution in [2.24, 2.45) is 0 Å². The van der Waals surface area contributed by atoms with Gasteiger partial charge in [-0.3, -0.25) is 4.98 Å². The van der Waals surface area contributed by atoms with E-state index >= 15 is 0 Å². The molecule has 0 aliphatic heterocycles. The Kier molecular flexibility index (Phi) is 3.31. The molecule has 0 saturated heterocycles. The molecular formula is C11H8BrClN2O. The number of benzene rings is 1. The number of aromatic nitrogens is 1. The molecule has 5 heteroatoms. The van der Waals surface area contributed by atoms with Crippen LogP contribution in [0.5, 0.6) is 11.5 Å². The molecule has 3 nitrogen and oxygen atoms in total. The highest BCUT2D eigenvalue weighted by atomic mass is 79.9. The molecule has 2 aromatic rings. The summed E-state index contributed by atoms with van der Waals surface area (Å²) in [6, 6.07) is 6.89. The molecule has 0 atom stereocenters. The summed E-state index contributed by atoms with van der Waals surface area (Å²) >= 11 is 9.23. The maximum atomic E-state index is 5.89. The van der Waals surface area contributed by atoms with E-state index in [2.05, 4.69) is 20.9 Å². The smallest absolute Gasteiger partial charge is 0.144 e. The van der Waals surface area contributed by atoms with Crippen LogP contribution < -0.4 is 10.5 Å². The molecule has 0 radical (unpaired) electrons. The van der Waals surface area contributed by atoms with Crippen LogP contribution in [0.25, 0.3) is 0 Å². The second kappa shape index (κ2) is 4.72. The first-order valence-corrected chi connectivity index (χ1v) is 5.66. The van der Waals surface area contributed by atoms with Crippen molar-refractivity contribution < 1.29 is 4.74 Å².